The molecule has 0 aliphatic carbocycles. The predicted molar refractivity (Wildman–Crippen MR) is 65.5 cm³/mol. The molecule has 110 valence electrons. The Bertz CT molecular complexity index is 647. The number of aliphatic hydroxyl groups excluding tert-OH is 3. The van der Waals surface area contributed by atoms with E-state index in [4.69, 9.17) is 20.4 Å². The van der Waals surface area contributed by atoms with Crippen molar-refractivity contribution in [2.24, 2.45) is 0 Å². The van der Waals surface area contributed by atoms with E-state index in [0.717, 1.165) is 10.7 Å². The lowest BCUT2D eigenvalue weighted by molar-refractivity contribution is -0.0612. The lowest BCUT2D eigenvalue weighted by atomic mass is 10.1. The van der Waals surface area contributed by atoms with Crippen LogP contribution in [0.5, 0.6) is 0 Å². The van der Waals surface area contributed by atoms with E-state index < -0.39 is 42.6 Å². The van der Waals surface area contributed by atoms with Crippen LogP contribution in [-0.4, -0.2) is 50.0 Å². The number of hydrogen-bond donors (Lipinski definition) is 3. The summed E-state index contributed by atoms with van der Waals surface area (Å²) in [4.78, 5) is 11.8. The largest absolute Gasteiger partial charge is 0.394 e. The fraction of sp³-hybridized carbons (Fsp3) is 0.500. The molecule has 2 heterocycles. The number of rotatable bonds is 3. The van der Waals surface area contributed by atoms with Crippen molar-refractivity contribution in [3.8, 4) is 12.1 Å². The summed E-state index contributed by atoms with van der Waals surface area (Å²) in [5.41, 5.74) is -0.611. The first-order chi connectivity index (χ1) is 10.0. The highest BCUT2D eigenvalue weighted by atomic mass is 16.6. The number of ether oxygens (including phenoxy) is 1. The molecule has 9 heteroatoms. The summed E-state index contributed by atoms with van der Waals surface area (Å²) in [6.45, 7) is -0.540. The third-order valence-electron chi connectivity index (χ3n) is 3.16. The fourth-order valence-corrected chi connectivity index (χ4v) is 2.02. The molecule has 0 aromatic carbocycles. The first kappa shape index (κ1) is 15.1. The van der Waals surface area contributed by atoms with Crippen LogP contribution in [0.3, 0.4) is 0 Å². The van der Waals surface area contributed by atoms with Crippen LogP contribution < -0.4 is 5.56 Å². The van der Waals surface area contributed by atoms with E-state index >= 15 is 0 Å². The summed E-state index contributed by atoms with van der Waals surface area (Å²) >= 11 is 0. The van der Waals surface area contributed by atoms with Crippen LogP contribution in [0.1, 0.15) is 17.8 Å². The number of nitriles is 2. The second kappa shape index (κ2) is 5.99. The van der Waals surface area contributed by atoms with Gasteiger partial charge in [-0.1, -0.05) is 0 Å². The van der Waals surface area contributed by atoms with Gasteiger partial charge in [0.25, 0.3) is 5.56 Å². The van der Waals surface area contributed by atoms with Crippen molar-refractivity contribution in [2.75, 3.05) is 6.61 Å². The highest BCUT2D eigenvalue weighted by molar-refractivity contribution is 5.23. The summed E-state index contributed by atoms with van der Waals surface area (Å²) < 4.78 is 5.94. The van der Waals surface area contributed by atoms with Crippen LogP contribution in [0, 0.1) is 22.7 Å². The van der Waals surface area contributed by atoms with Crippen molar-refractivity contribution in [1.29, 1.82) is 10.5 Å². The topological polar surface area (TPSA) is 152 Å². The molecular formula is C12H12N4O5. The van der Waals surface area contributed by atoms with Gasteiger partial charge in [0.15, 0.2) is 12.1 Å². The van der Waals surface area contributed by atoms with Gasteiger partial charge in [0.05, 0.1) is 24.4 Å². The summed E-state index contributed by atoms with van der Waals surface area (Å²) in [6, 6.07) is 5.74. The van der Waals surface area contributed by atoms with E-state index in [1.807, 2.05) is 0 Å². The van der Waals surface area contributed by atoms with Gasteiger partial charge < -0.3 is 20.1 Å². The molecule has 0 unspecified atom stereocenters. The lowest BCUT2D eigenvalue weighted by Gasteiger charge is -2.17. The second-order valence-electron chi connectivity index (χ2n) is 4.46. The summed E-state index contributed by atoms with van der Waals surface area (Å²) in [6.07, 6.45) is -5.20. The Morgan fingerprint density at radius 1 is 1.33 bits per heavy atom. The third-order valence-corrected chi connectivity index (χ3v) is 3.16. The zero-order chi connectivity index (χ0) is 15.6. The van der Waals surface area contributed by atoms with E-state index in [0.29, 0.717) is 0 Å². The number of hydrogen-bond acceptors (Lipinski definition) is 8. The van der Waals surface area contributed by atoms with Crippen LogP contribution in [0.2, 0.25) is 0 Å². The normalized spacial score (nSPS) is 28.3. The number of aromatic nitrogens is 2. The smallest absolute Gasteiger partial charge is 0.269 e. The molecule has 1 saturated heterocycles. The van der Waals surface area contributed by atoms with Gasteiger partial charge in [0.2, 0.25) is 0 Å². The summed E-state index contributed by atoms with van der Waals surface area (Å²) in [7, 11) is 0. The van der Waals surface area contributed by atoms with Crippen LogP contribution in [0.25, 0.3) is 0 Å². The molecule has 0 spiro atoms. The van der Waals surface area contributed by atoms with E-state index in [9.17, 15) is 15.0 Å². The van der Waals surface area contributed by atoms with Crippen LogP contribution in [0.4, 0.5) is 0 Å². The molecule has 1 aliphatic rings. The van der Waals surface area contributed by atoms with Crippen LogP contribution >= 0.6 is 0 Å². The lowest BCUT2D eigenvalue weighted by Crippen LogP contribution is -2.36. The van der Waals surface area contributed by atoms with Crippen molar-refractivity contribution < 1.29 is 20.1 Å². The SMILES string of the molecule is N#CC(C#N)c1ccc(=O)n([C@@H]2O[C@H](CO)[C@@H](O)[C@H]2O)n1. The van der Waals surface area contributed by atoms with Gasteiger partial charge in [-0.3, -0.25) is 4.79 Å². The van der Waals surface area contributed by atoms with Gasteiger partial charge in [-0.25, -0.2) is 0 Å². The molecule has 21 heavy (non-hydrogen) atoms. The number of aliphatic hydroxyl groups is 3. The van der Waals surface area contributed by atoms with Gasteiger partial charge in [-0.15, -0.1) is 0 Å². The van der Waals surface area contributed by atoms with E-state index in [2.05, 4.69) is 5.10 Å². The average molecular weight is 292 g/mol. The maximum Gasteiger partial charge on any atom is 0.269 e. The second-order valence-corrected chi connectivity index (χ2v) is 4.46. The first-order valence-electron chi connectivity index (χ1n) is 6.05. The minimum absolute atomic E-state index is 0.0253. The minimum atomic E-state index is -1.47. The molecule has 2 rings (SSSR count). The quantitative estimate of drug-likeness (QED) is 0.577. The maximum absolute atomic E-state index is 11.8. The molecular weight excluding hydrogens is 280 g/mol. The highest BCUT2D eigenvalue weighted by Crippen LogP contribution is 2.27. The molecule has 1 fully saturated rings. The van der Waals surface area contributed by atoms with Gasteiger partial charge >= 0.3 is 0 Å². The average Bonchev–Trinajstić information content (AvgIpc) is 2.78. The van der Waals surface area contributed by atoms with Crippen molar-refractivity contribution in [1.82, 2.24) is 9.78 Å². The van der Waals surface area contributed by atoms with E-state index in [1.54, 1.807) is 12.1 Å². The third kappa shape index (κ3) is 2.63. The Kier molecular flexibility index (Phi) is 4.31. The zero-order valence-corrected chi connectivity index (χ0v) is 10.7. The molecule has 1 aromatic rings. The molecule has 0 saturated carbocycles. The molecule has 1 aliphatic heterocycles. The summed E-state index contributed by atoms with van der Waals surface area (Å²) in [5, 5.41) is 50.0. The van der Waals surface area contributed by atoms with Crippen molar-refractivity contribution >= 4 is 0 Å². The Balaban J connectivity index is 2.41. The highest BCUT2D eigenvalue weighted by Gasteiger charge is 2.44. The van der Waals surface area contributed by atoms with Gasteiger partial charge in [-0.2, -0.15) is 20.3 Å². The van der Waals surface area contributed by atoms with Crippen LogP contribution in [0.15, 0.2) is 16.9 Å². The monoisotopic (exact) mass is 292 g/mol. The van der Waals surface area contributed by atoms with Gasteiger partial charge in [0.1, 0.15) is 18.3 Å². The molecule has 0 amide bonds. The molecule has 1 aromatic heterocycles. The van der Waals surface area contributed by atoms with E-state index in [1.165, 1.54) is 6.07 Å². The Morgan fingerprint density at radius 3 is 2.52 bits per heavy atom. The fourth-order valence-electron chi connectivity index (χ4n) is 2.02. The van der Waals surface area contributed by atoms with Gasteiger partial charge in [0, 0.05) is 6.07 Å². The Morgan fingerprint density at radius 2 is 2.00 bits per heavy atom. The molecule has 0 radical (unpaired) electrons. The Hall–Kier alpha value is -2.30. The zero-order valence-electron chi connectivity index (χ0n) is 10.7. The van der Waals surface area contributed by atoms with Crippen molar-refractivity contribution in [2.45, 2.75) is 30.5 Å². The molecule has 9 nitrogen and oxygen atoms in total. The maximum atomic E-state index is 11.8. The first-order valence-corrected chi connectivity index (χ1v) is 6.05. The van der Waals surface area contributed by atoms with Crippen molar-refractivity contribution in [3.63, 3.8) is 0 Å². The minimum Gasteiger partial charge on any atom is -0.394 e. The van der Waals surface area contributed by atoms with Crippen LogP contribution in [-0.2, 0) is 4.74 Å². The molecule has 3 N–H and O–H groups in total. The Labute approximate surface area is 118 Å². The number of nitrogens with zero attached hydrogens (tertiary/aromatic N) is 4. The summed E-state index contributed by atoms with van der Waals surface area (Å²) in [5.74, 6) is -1.17. The predicted octanol–water partition coefficient (Wildman–Crippen LogP) is -2.01. The van der Waals surface area contributed by atoms with Gasteiger partial charge in [-0.05, 0) is 6.07 Å². The standard InChI is InChI=1S/C12H12N4O5/c13-3-6(4-14)7-1-2-9(18)16(15-7)12-11(20)10(19)8(5-17)21-12/h1-2,6,8,10-12,17,19-20H,5H2/t8-,10-,11-,12-/m1/s1. The molecule has 0 bridgehead atoms. The van der Waals surface area contributed by atoms with Crippen molar-refractivity contribution in [3.05, 3.63) is 28.2 Å². The van der Waals surface area contributed by atoms with E-state index in [-0.39, 0.29) is 5.69 Å². The molecule has 4 atom stereocenters.